The van der Waals surface area contributed by atoms with Gasteiger partial charge in [0, 0.05) is 17.7 Å². The molecule has 3 heteroatoms. The molecule has 0 fully saturated rings. The monoisotopic (exact) mass is 279 g/mol. The van der Waals surface area contributed by atoms with Crippen LogP contribution in [0.15, 0.2) is 60.2 Å². The number of benzene rings is 2. The highest BCUT2D eigenvalue weighted by molar-refractivity contribution is 6.08. The molecule has 2 aromatic rings. The number of carbonyl (C=O) groups is 1. The Bertz CT molecular complexity index is 702. The van der Waals surface area contributed by atoms with Gasteiger partial charge in [0.05, 0.1) is 5.60 Å². The third-order valence-corrected chi connectivity index (χ3v) is 3.75. The SMILES string of the molecule is CC1(O)Cc2ccccc2C=C1C(=O)Nc1ccccc1. The van der Waals surface area contributed by atoms with Crippen LogP contribution in [0, 0.1) is 0 Å². The van der Waals surface area contributed by atoms with Gasteiger partial charge < -0.3 is 10.4 Å². The zero-order valence-corrected chi connectivity index (χ0v) is 11.8. The summed E-state index contributed by atoms with van der Waals surface area (Å²) in [5.74, 6) is -0.263. The summed E-state index contributed by atoms with van der Waals surface area (Å²) < 4.78 is 0. The lowest BCUT2D eigenvalue weighted by Gasteiger charge is -2.30. The van der Waals surface area contributed by atoms with Gasteiger partial charge in [-0.05, 0) is 36.3 Å². The number of hydrogen-bond donors (Lipinski definition) is 2. The van der Waals surface area contributed by atoms with Crippen LogP contribution in [0.2, 0.25) is 0 Å². The van der Waals surface area contributed by atoms with Crippen LogP contribution in [0.1, 0.15) is 18.1 Å². The van der Waals surface area contributed by atoms with E-state index in [2.05, 4.69) is 5.32 Å². The third kappa shape index (κ3) is 2.73. The van der Waals surface area contributed by atoms with Crippen LogP contribution in [0.5, 0.6) is 0 Å². The highest BCUT2D eigenvalue weighted by Crippen LogP contribution is 2.32. The first kappa shape index (κ1) is 13.6. The standard InChI is InChI=1S/C18H17NO2/c1-18(21)12-14-8-6-5-7-13(14)11-16(18)17(20)19-15-9-3-2-4-10-15/h2-11,21H,12H2,1H3,(H,19,20). The van der Waals surface area contributed by atoms with Gasteiger partial charge in [-0.3, -0.25) is 4.79 Å². The lowest BCUT2D eigenvalue weighted by molar-refractivity contribution is -0.114. The van der Waals surface area contributed by atoms with Gasteiger partial charge in [-0.1, -0.05) is 42.5 Å². The van der Waals surface area contributed by atoms with Gasteiger partial charge in [-0.15, -0.1) is 0 Å². The molecule has 0 spiro atoms. The van der Waals surface area contributed by atoms with Gasteiger partial charge in [0.1, 0.15) is 0 Å². The van der Waals surface area contributed by atoms with E-state index < -0.39 is 5.60 Å². The zero-order valence-electron chi connectivity index (χ0n) is 11.8. The maximum atomic E-state index is 12.5. The number of anilines is 1. The third-order valence-electron chi connectivity index (χ3n) is 3.75. The van der Waals surface area contributed by atoms with Crippen molar-refractivity contribution in [2.75, 3.05) is 5.32 Å². The fourth-order valence-electron chi connectivity index (χ4n) is 2.64. The van der Waals surface area contributed by atoms with Gasteiger partial charge in [0.15, 0.2) is 0 Å². The molecule has 0 saturated carbocycles. The number of para-hydroxylation sites is 1. The Balaban J connectivity index is 1.93. The first-order chi connectivity index (χ1) is 10.1. The topological polar surface area (TPSA) is 49.3 Å². The molecule has 106 valence electrons. The summed E-state index contributed by atoms with van der Waals surface area (Å²) in [6, 6.07) is 17.1. The smallest absolute Gasteiger partial charge is 0.254 e. The van der Waals surface area contributed by atoms with Gasteiger partial charge in [0.25, 0.3) is 5.91 Å². The van der Waals surface area contributed by atoms with Crippen LogP contribution in [0.3, 0.4) is 0 Å². The Hall–Kier alpha value is -2.39. The van der Waals surface area contributed by atoms with E-state index in [0.29, 0.717) is 12.0 Å². The van der Waals surface area contributed by atoms with Crippen LogP contribution in [-0.2, 0) is 11.2 Å². The molecule has 2 N–H and O–H groups in total. The minimum Gasteiger partial charge on any atom is -0.385 e. The van der Waals surface area contributed by atoms with Crippen LogP contribution in [-0.4, -0.2) is 16.6 Å². The fourth-order valence-corrected chi connectivity index (χ4v) is 2.64. The van der Waals surface area contributed by atoms with E-state index in [1.165, 1.54) is 0 Å². The van der Waals surface area contributed by atoms with Crippen molar-refractivity contribution in [1.29, 1.82) is 0 Å². The van der Waals surface area contributed by atoms with Crippen molar-refractivity contribution >= 4 is 17.7 Å². The van der Waals surface area contributed by atoms with E-state index in [-0.39, 0.29) is 5.91 Å². The van der Waals surface area contributed by atoms with Gasteiger partial charge in [-0.25, -0.2) is 0 Å². The number of rotatable bonds is 2. The Morgan fingerprint density at radius 2 is 1.76 bits per heavy atom. The molecule has 1 aliphatic carbocycles. The Morgan fingerprint density at radius 1 is 1.10 bits per heavy atom. The number of aliphatic hydroxyl groups is 1. The van der Waals surface area contributed by atoms with Crippen LogP contribution < -0.4 is 5.32 Å². The number of hydrogen-bond acceptors (Lipinski definition) is 2. The molecule has 0 aliphatic heterocycles. The maximum Gasteiger partial charge on any atom is 0.254 e. The number of nitrogens with one attached hydrogen (secondary N) is 1. The molecule has 0 radical (unpaired) electrons. The molecule has 0 bridgehead atoms. The molecule has 1 aliphatic rings. The van der Waals surface area contributed by atoms with Crippen molar-refractivity contribution in [3.8, 4) is 0 Å². The Labute approximate surface area is 123 Å². The van der Waals surface area contributed by atoms with Crippen molar-refractivity contribution in [2.45, 2.75) is 18.9 Å². The molecule has 0 saturated heterocycles. The van der Waals surface area contributed by atoms with Crippen molar-refractivity contribution < 1.29 is 9.90 Å². The Kier molecular flexibility index (Phi) is 3.35. The van der Waals surface area contributed by atoms with E-state index in [0.717, 1.165) is 16.8 Å². The molecule has 0 heterocycles. The summed E-state index contributed by atoms with van der Waals surface area (Å²) >= 11 is 0. The fraction of sp³-hybridized carbons (Fsp3) is 0.167. The van der Waals surface area contributed by atoms with E-state index >= 15 is 0 Å². The minimum atomic E-state index is -1.16. The molecule has 3 nitrogen and oxygen atoms in total. The average molecular weight is 279 g/mol. The Morgan fingerprint density at radius 3 is 2.52 bits per heavy atom. The summed E-state index contributed by atoms with van der Waals surface area (Å²) in [7, 11) is 0. The predicted octanol–water partition coefficient (Wildman–Crippen LogP) is 3.02. The first-order valence-corrected chi connectivity index (χ1v) is 6.95. The van der Waals surface area contributed by atoms with Gasteiger partial charge in [-0.2, -0.15) is 0 Å². The van der Waals surface area contributed by atoms with E-state index in [1.54, 1.807) is 13.0 Å². The van der Waals surface area contributed by atoms with Gasteiger partial charge >= 0.3 is 0 Å². The van der Waals surface area contributed by atoms with Crippen molar-refractivity contribution in [2.24, 2.45) is 0 Å². The lowest BCUT2D eigenvalue weighted by atomic mass is 9.80. The highest BCUT2D eigenvalue weighted by atomic mass is 16.3. The van der Waals surface area contributed by atoms with Crippen molar-refractivity contribution in [3.63, 3.8) is 0 Å². The summed E-state index contributed by atoms with van der Waals surface area (Å²) in [6.45, 7) is 1.68. The second-order valence-corrected chi connectivity index (χ2v) is 5.53. The van der Waals surface area contributed by atoms with Crippen molar-refractivity contribution in [1.82, 2.24) is 0 Å². The number of carbonyl (C=O) groups excluding carboxylic acids is 1. The van der Waals surface area contributed by atoms with Crippen LogP contribution in [0.4, 0.5) is 5.69 Å². The molecular formula is C18H17NO2. The van der Waals surface area contributed by atoms with Crippen LogP contribution >= 0.6 is 0 Å². The second kappa shape index (κ2) is 5.19. The molecule has 2 aromatic carbocycles. The molecule has 0 aromatic heterocycles. The molecular weight excluding hydrogens is 262 g/mol. The summed E-state index contributed by atoms with van der Waals surface area (Å²) in [5, 5.41) is 13.4. The quantitative estimate of drug-likeness (QED) is 0.887. The van der Waals surface area contributed by atoms with Gasteiger partial charge in [0.2, 0.25) is 0 Å². The van der Waals surface area contributed by atoms with E-state index in [4.69, 9.17) is 0 Å². The molecule has 1 atom stereocenters. The number of fused-ring (bicyclic) bond motifs is 1. The average Bonchev–Trinajstić information content (AvgIpc) is 2.46. The van der Waals surface area contributed by atoms with E-state index in [1.807, 2.05) is 54.6 Å². The largest absolute Gasteiger partial charge is 0.385 e. The summed E-state index contributed by atoms with van der Waals surface area (Å²) in [6.07, 6.45) is 2.22. The number of amides is 1. The summed E-state index contributed by atoms with van der Waals surface area (Å²) in [5.41, 5.74) is 2.00. The van der Waals surface area contributed by atoms with Crippen molar-refractivity contribution in [3.05, 3.63) is 71.3 Å². The molecule has 1 amide bonds. The maximum absolute atomic E-state index is 12.5. The summed E-state index contributed by atoms with van der Waals surface area (Å²) in [4.78, 5) is 12.5. The molecule has 21 heavy (non-hydrogen) atoms. The molecule has 1 unspecified atom stereocenters. The normalized spacial score (nSPS) is 20.4. The minimum absolute atomic E-state index is 0.263. The second-order valence-electron chi connectivity index (χ2n) is 5.53. The molecule has 3 rings (SSSR count). The first-order valence-electron chi connectivity index (χ1n) is 6.95. The predicted molar refractivity (Wildman–Crippen MR) is 83.8 cm³/mol. The van der Waals surface area contributed by atoms with Crippen LogP contribution in [0.25, 0.3) is 6.08 Å². The lowest BCUT2D eigenvalue weighted by Crippen LogP contribution is -2.38. The van der Waals surface area contributed by atoms with E-state index in [9.17, 15) is 9.90 Å². The highest BCUT2D eigenvalue weighted by Gasteiger charge is 2.34. The zero-order chi connectivity index (χ0) is 14.9.